The first-order chi connectivity index (χ1) is 11.2. The zero-order chi connectivity index (χ0) is 16.2. The van der Waals surface area contributed by atoms with Crippen LogP contribution in [0.5, 0.6) is 0 Å². The van der Waals surface area contributed by atoms with Crippen LogP contribution in [0.2, 0.25) is 0 Å². The number of aryl methyl sites for hydroxylation is 1. The van der Waals surface area contributed by atoms with Gasteiger partial charge in [-0.3, -0.25) is 4.79 Å². The molecule has 0 spiro atoms. The molecule has 3 aromatic rings. The maximum Gasteiger partial charge on any atom is 0.268 e. The molecule has 2 aromatic carbocycles. The minimum absolute atomic E-state index is 0.0196. The fourth-order valence-corrected chi connectivity index (χ4v) is 2.74. The summed E-state index contributed by atoms with van der Waals surface area (Å²) >= 11 is 0. The standard InChI is InChI=1S/C19H20N2O2/c1-13-7-8-15-12-18(20-17(15)11-13)19(23)21-16(9-10-22)14-5-3-2-4-6-14/h2-8,11-12,16,20,22H,9-10H2,1H3,(H,21,23). The monoisotopic (exact) mass is 308 g/mol. The number of aliphatic hydroxyl groups is 1. The van der Waals surface area contributed by atoms with Gasteiger partial charge in [-0.2, -0.15) is 0 Å². The quantitative estimate of drug-likeness (QED) is 0.677. The molecular formula is C19H20N2O2. The Hall–Kier alpha value is -2.59. The van der Waals surface area contributed by atoms with Gasteiger partial charge in [0.15, 0.2) is 0 Å². The van der Waals surface area contributed by atoms with E-state index in [1.807, 2.05) is 61.5 Å². The Labute approximate surface area is 135 Å². The van der Waals surface area contributed by atoms with Crippen LogP contribution in [0.3, 0.4) is 0 Å². The van der Waals surface area contributed by atoms with E-state index >= 15 is 0 Å². The Bertz CT molecular complexity index is 809. The number of hydrogen-bond acceptors (Lipinski definition) is 2. The second kappa shape index (κ2) is 6.67. The van der Waals surface area contributed by atoms with Crippen LogP contribution in [0.25, 0.3) is 10.9 Å². The van der Waals surface area contributed by atoms with E-state index in [9.17, 15) is 9.90 Å². The van der Waals surface area contributed by atoms with Crippen LogP contribution in [-0.4, -0.2) is 22.6 Å². The van der Waals surface area contributed by atoms with Crippen LogP contribution in [0, 0.1) is 6.92 Å². The first-order valence-corrected chi connectivity index (χ1v) is 7.73. The third kappa shape index (κ3) is 3.43. The van der Waals surface area contributed by atoms with Gasteiger partial charge in [-0.05, 0) is 36.6 Å². The number of aliphatic hydroxyl groups excluding tert-OH is 1. The Balaban J connectivity index is 1.83. The van der Waals surface area contributed by atoms with Gasteiger partial charge in [0, 0.05) is 17.5 Å². The van der Waals surface area contributed by atoms with E-state index in [-0.39, 0.29) is 18.6 Å². The summed E-state index contributed by atoms with van der Waals surface area (Å²) < 4.78 is 0. The molecule has 23 heavy (non-hydrogen) atoms. The largest absolute Gasteiger partial charge is 0.396 e. The molecule has 0 saturated heterocycles. The van der Waals surface area contributed by atoms with Crippen molar-refractivity contribution in [2.45, 2.75) is 19.4 Å². The first-order valence-electron chi connectivity index (χ1n) is 7.73. The lowest BCUT2D eigenvalue weighted by atomic mass is 10.0. The van der Waals surface area contributed by atoms with E-state index in [1.165, 1.54) is 0 Å². The van der Waals surface area contributed by atoms with E-state index in [4.69, 9.17) is 0 Å². The van der Waals surface area contributed by atoms with Gasteiger partial charge in [-0.1, -0.05) is 42.5 Å². The molecule has 0 saturated carbocycles. The molecule has 0 fully saturated rings. The normalized spacial score (nSPS) is 12.3. The summed E-state index contributed by atoms with van der Waals surface area (Å²) in [6.07, 6.45) is 0.481. The number of H-pyrrole nitrogens is 1. The summed E-state index contributed by atoms with van der Waals surface area (Å²) in [5, 5.41) is 13.3. The minimum Gasteiger partial charge on any atom is -0.396 e. The fraction of sp³-hybridized carbons (Fsp3) is 0.211. The lowest BCUT2D eigenvalue weighted by Crippen LogP contribution is -2.29. The van der Waals surface area contributed by atoms with E-state index < -0.39 is 0 Å². The zero-order valence-corrected chi connectivity index (χ0v) is 13.0. The number of carbonyl (C=O) groups is 1. The molecule has 0 aliphatic rings. The smallest absolute Gasteiger partial charge is 0.268 e. The molecule has 4 nitrogen and oxygen atoms in total. The Morgan fingerprint density at radius 2 is 1.96 bits per heavy atom. The van der Waals surface area contributed by atoms with Crippen LogP contribution >= 0.6 is 0 Å². The summed E-state index contributed by atoms with van der Waals surface area (Å²) in [7, 11) is 0. The minimum atomic E-state index is -0.207. The topological polar surface area (TPSA) is 65.1 Å². The molecule has 1 aromatic heterocycles. The zero-order valence-electron chi connectivity index (χ0n) is 13.0. The maximum atomic E-state index is 12.5. The van der Waals surface area contributed by atoms with Crippen molar-refractivity contribution in [1.29, 1.82) is 0 Å². The second-order valence-electron chi connectivity index (χ2n) is 5.72. The van der Waals surface area contributed by atoms with E-state index in [1.54, 1.807) is 0 Å². The highest BCUT2D eigenvalue weighted by atomic mass is 16.3. The average Bonchev–Trinajstić information content (AvgIpc) is 2.98. The van der Waals surface area contributed by atoms with Gasteiger partial charge >= 0.3 is 0 Å². The molecule has 1 unspecified atom stereocenters. The number of aromatic nitrogens is 1. The van der Waals surface area contributed by atoms with Crippen molar-refractivity contribution >= 4 is 16.8 Å². The van der Waals surface area contributed by atoms with Gasteiger partial charge < -0.3 is 15.4 Å². The average molecular weight is 308 g/mol. The molecule has 1 amide bonds. The predicted molar refractivity (Wildman–Crippen MR) is 91.4 cm³/mol. The molecule has 118 valence electrons. The maximum absolute atomic E-state index is 12.5. The Kier molecular flexibility index (Phi) is 4.44. The molecule has 0 aliphatic carbocycles. The summed E-state index contributed by atoms with van der Waals surface area (Å²) in [4.78, 5) is 15.7. The van der Waals surface area contributed by atoms with Crippen LogP contribution < -0.4 is 5.32 Å². The van der Waals surface area contributed by atoms with Crippen molar-refractivity contribution in [2.75, 3.05) is 6.61 Å². The highest BCUT2D eigenvalue weighted by Gasteiger charge is 2.16. The van der Waals surface area contributed by atoms with Crippen molar-refractivity contribution in [1.82, 2.24) is 10.3 Å². The van der Waals surface area contributed by atoms with Crippen molar-refractivity contribution in [2.24, 2.45) is 0 Å². The van der Waals surface area contributed by atoms with Gasteiger partial charge in [-0.15, -0.1) is 0 Å². The van der Waals surface area contributed by atoms with Gasteiger partial charge in [0.25, 0.3) is 5.91 Å². The molecule has 1 atom stereocenters. The van der Waals surface area contributed by atoms with Gasteiger partial charge in [0.1, 0.15) is 5.69 Å². The van der Waals surface area contributed by atoms with Gasteiger partial charge in [0.2, 0.25) is 0 Å². The van der Waals surface area contributed by atoms with E-state index in [2.05, 4.69) is 10.3 Å². The number of hydrogen-bond donors (Lipinski definition) is 3. The number of fused-ring (bicyclic) bond motifs is 1. The number of rotatable bonds is 5. The summed E-state index contributed by atoms with van der Waals surface area (Å²) in [5.41, 5.74) is 3.62. The number of nitrogens with one attached hydrogen (secondary N) is 2. The summed E-state index contributed by atoms with van der Waals surface area (Å²) in [6, 6.07) is 17.4. The molecule has 3 rings (SSSR count). The second-order valence-corrected chi connectivity index (χ2v) is 5.72. The van der Waals surface area contributed by atoms with Crippen LogP contribution in [0.4, 0.5) is 0 Å². The lowest BCUT2D eigenvalue weighted by molar-refractivity contribution is 0.0925. The number of benzene rings is 2. The Morgan fingerprint density at radius 3 is 2.70 bits per heavy atom. The third-order valence-electron chi connectivity index (χ3n) is 3.95. The molecule has 3 N–H and O–H groups in total. The molecule has 0 bridgehead atoms. The Morgan fingerprint density at radius 1 is 1.17 bits per heavy atom. The fourth-order valence-electron chi connectivity index (χ4n) is 2.74. The van der Waals surface area contributed by atoms with Crippen LogP contribution in [0.1, 0.15) is 34.1 Å². The van der Waals surface area contributed by atoms with Gasteiger partial charge in [-0.25, -0.2) is 0 Å². The van der Waals surface area contributed by atoms with Crippen LogP contribution in [0.15, 0.2) is 54.6 Å². The van der Waals surface area contributed by atoms with Crippen molar-refractivity contribution < 1.29 is 9.90 Å². The first kappa shape index (κ1) is 15.3. The molecular weight excluding hydrogens is 288 g/mol. The molecule has 0 radical (unpaired) electrons. The number of carbonyl (C=O) groups excluding carboxylic acids is 1. The predicted octanol–water partition coefficient (Wildman–Crippen LogP) is 3.33. The molecule has 0 aliphatic heterocycles. The third-order valence-corrected chi connectivity index (χ3v) is 3.95. The lowest BCUT2D eigenvalue weighted by Gasteiger charge is -2.17. The van der Waals surface area contributed by atoms with Crippen molar-refractivity contribution in [3.63, 3.8) is 0 Å². The number of amides is 1. The van der Waals surface area contributed by atoms with Crippen molar-refractivity contribution in [3.8, 4) is 0 Å². The highest BCUT2D eigenvalue weighted by molar-refractivity contribution is 5.98. The van der Waals surface area contributed by atoms with Gasteiger partial charge in [0.05, 0.1) is 6.04 Å². The summed E-state index contributed by atoms with van der Waals surface area (Å²) in [5.74, 6) is -0.166. The van der Waals surface area contributed by atoms with Crippen molar-refractivity contribution in [3.05, 3.63) is 71.4 Å². The van der Waals surface area contributed by atoms with E-state index in [0.29, 0.717) is 12.1 Å². The molecule has 1 heterocycles. The highest BCUT2D eigenvalue weighted by Crippen LogP contribution is 2.20. The summed E-state index contributed by atoms with van der Waals surface area (Å²) in [6.45, 7) is 2.04. The molecule has 4 heteroatoms. The van der Waals surface area contributed by atoms with E-state index in [0.717, 1.165) is 22.0 Å². The SMILES string of the molecule is Cc1ccc2cc(C(=O)NC(CCO)c3ccccc3)[nH]c2c1. The van der Waals surface area contributed by atoms with Crippen LogP contribution in [-0.2, 0) is 0 Å². The number of aromatic amines is 1.